The average molecular weight is 278 g/mol. The Labute approximate surface area is 117 Å². The van der Waals surface area contributed by atoms with Crippen LogP contribution in [-0.4, -0.2) is 15.7 Å². The van der Waals surface area contributed by atoms with Crippen LogP contribution in [0, 0.1) is 0 Å². The van der Waals surface area contributed by atoms with Crippen molar-refractivity contribution in [3.05, 3.63) is 52.8 Å². The Hall–Kier alpha value is -1.81. The molecule has 2 rings (SSSR count). The molecule has 1 N–H and O–H groups in total. The summed E-state index contributed by atoms with van der Waals surface area (Å²) in [6.07, 6.45) is 2.28. The van der Waals surface area contributed by atoms with Crippen LogP contribution in [0.1, 0.15) is 35.4 Å². The first-order chi connectivity index (χ1) is 9.13. The number of hydrogen-bond donors (Lipinski definition) is 1. The van der Waals surface area contributed by atoms with Gasteiger partial charge in [-0.05, 0) is 12.0 Å². The van der Waals surface area contributed by atoms with Gasteiger partial charge in [0.05, 0.1) is 17.3 Å². The van der Waals surface area contributed by atoms with Gasteiger partial charge in [-0.3, -0.25) is 9.48 Å². The lowest BCUT2D eigenvalue weighted by molar-refractivity contribution is 0.0926. The van der Waals surface area contributed by atoms with E-state index in [0.717, 1.165) is 12.0 Å². The number of halogens is 1. The largest absolute Gasteiger partial charge is 0.344 e. The summed E-state index contributed by atoms with van der Waals surface area (Å²) < 4.78 is 1.48. The number of amides is 1. The first-order valence-corrected chi connectivity index (χ1v) is 6.54. The van der Waals surface area contributed by atoms with Crippen molar-refractivity contribution in [2.75, 3.05) is 0 Å². The van der Waals surface area contributed by atoms with E-state index in [-0.39, 0.29) is 11.9 Å². The van der Waals surface area contributed by atoms with Gasteiger partial charge >= 0.3 is 0 Å². The number of aryl methyl sites for hydroxylation is 1. The Balaban J connectivity index is 2.18. The second kappa shape index (κ2) is 5.89. The summed E-state index contributed by atoms with van der Waals surface area (Å²) in [5, 5.41) is 7.31. The van der Waals surface area contributed by atoms with Gasteiger partial charge in [-0.25, -0.2) is 0 Å². The van der Waals surface area contributed by atoms with Crippen LogP contribution >= 0.6 is 11.6 Å². The summed E-state index contributed by atoms with van der Waals surface area (Å²) in [6, 6.07) is 9.84. The van der Waals surface area contributed by atoms with Crippen LogP contribution in [0.25, 0.3) is 0 Å². The van der Waals surface area contributed by atoms with Gasteiger partial charge < -0.3 is 5.32 Å². The number of carbonyl (C=O) groups is 1. The molecule has 0 spiro atoms. The highest BCUT2D eigenvalue weighted by atomic mass is 35.5. The van der Waals surface area contributed by atoms with E-state index < -0.39 is 0 Å². The Morgan fingerprint density at radius 2 is 2.11 bits per heavy atom. The first-order valence-electron chi connectivity index (χ1n) is 6.16. The molecule has 0 radical (unpaired) electrons. The highest BCUT2D eigenvalue weighted by molar-refractivity contribution is 6.33. The van der Waals surface area contributed by atoms with Gasteiger partial charge in [-0.2, -0.15) is 5.10 Å². The maximum Gasteiger partial charge on any atom is 0.271 e. The summed E-state index contributed by atoms with van der Waals surface area (Å²) in [7, 11) is 1.70. The van der Waals surface area contributed by atoms with Crippen LogP contribution in [0.3, 0.4) is 0 Å². The maximum atomic E-state index is 12.2. The molecular weight excluding hydrogens is 262 g/mol. The van der Waals surface area contributed by atoms with Crippen molar-refractivity contribution < 1.29 is 4.79 Å². The topological polar surface area (TPSA) is 46.9 Å². The van der Waals surface area contributed by atoms with Gasteiger partial charge in [0.25, 0.3) is 5.91 Å². The molecule has 0 saturated heterocycles. The summed E-state index contributed by atoms with van der Waals surface area (Å²) in [6.45, 7) is 2.03. The van der Waals surface area contributed by atoms with E-state index in [0.29, 0.717) is 10.7 Å². The van der Waals surface area contributed by atoms with Gasteiger partial charge in [0.2, 0.25) is 0 Å². The molecule has 1 aromatic heterocycles. The number of benzene rings is 1. The summed E-state index contributed by atoms with van der Waals surface area (Å²) in [5.74, 6) is -0.208. The predicted molar refractivity (Wildman–Crippen MR) is 75.2 cm³/mol. The second-order valence-electron chi connectivity index (χ2n) is 4.31. The number of carbonyl (C=O) groups excluding carboxylic acids is 1. The van der Waals surface area contributed by atoms with Gasteiger partial charge in [0.15, 0.2) is 0 Å². The summed E-state index contributed by atoms with van der Waals surface area (Å²) in [5.41, 5.74) is 1.47. The van der Waals surface area contributed by atoms with E-state index >= 15 is 0 Å². The molecule has 1 aromatic carbocycles. The normalized spacial score (nSPS) is 12.2. The molecule has 100 valence electrons. The minimum absolute atomic E-state index is 0.0281. The van der Waals surface area contributed by atoms with Crippen LogP contribution < -0.4 is 5.32 Å². The number of nitrogens with one attached hydrogen (secondary N) is 1. The predicted octanol–water partition coefficient (Wildman–Crippen LogP) is 2.95. The third-order valence-corrected chi connectivity index (χ3v) is 3.30. The molecule has 1 atom stereocenters. The Kier molecular flexibility index (Phi) is 4.22. The average Bonchev–Trinajstić information content (AvgIpc) is 2.76. The molecule has 1 unspecified atom stereocenters. The minimum Gasteiger partial charge on any atom is -0.344 e. The third kappa shape index (κ3) is 2.96. The van der Waals surface area contributed by atoms with Gasteiger partial charge in [-0.15, -0.1) is 0 Å². The zero-order chi connectivity index (χ0) is 13.8. The molecule has 0 saturated carbocycles. The van der Waals surface area contributed by atoms with E-state index in [1.807, 2.05) is 37.3 Å². The molecule has 5 heteroatoms. The number of aromatic nitrogens is 2. The lowest BCUT2D eigenvalue weighted by atomic mass is 10.0. The van der Waals surface area contributed by atoms with Crippen molar-refractivity contribution >= 4 is 17.5 Å². The molecular formula is C14H16ClN3O. The summed E-state index contributed by atoms with van der Waals surface area (Å²) >= 11 is 5.97. The van der Waals surface area contributed by atoms with Crippen LogP contribution in [0.5, 0.6) is 0 Å². The number of rotatable bonds is 4. The Bertz CT molecular complexity index is 546. The smallest absolute Gasteiger partial charge is 0.271 e. The number of hydrogen-bond acceptors (Lipinski definition) is 2. The lowest BCUT2D eigenvalue weighted by Gasteiger charge is -2.17. The molecule has 1 amide bonds. The van der Waals surface area contributed by atoms with E-state index in [2.05, 4.69) is 10.4 Å². The molecule has 0 aliphatic heterocycles. The van der Waals surface area contributed by atoms with Crippen molar-refractivity contribution in [3.8, 4) is 0 Å². The fourth-order valence-electron chi connectivity index (χ4n) is 2.00. The first kappa shape index (κ1) is 13.6. The highest BCUT2D eigenvalue weighted by Gasteiger charge is 2.19. The van der Waals surface area contributed by atoms with Gasteiger partial charge in [-0.1, -0.05) is 48.9 Å². The van der Waals surface area contributed by atoms with E-state index in [9.17, 15) is 4.79 Å². The molecule has 0 aliphatic carbocycles. The van der Waals surface area contributed by atoms with Crippen molar-refractivity contribution in [2.24, 2.45) is 7.05 Å². The van der Waals surface area contributed by atoms with Crippen molar-refractivity contribution in [2.45, 2.75) is 19.4 Å². The van der Waals surface area contributed by atoms with Crippen molar-refractivity contribution in [3.63, 3.8) is 0 Å². The van der Waals surface area contributed by atoms with E-state index in [1.165, 1.54) is 10.9 Å². The standard InChI is InChI=1S/C14H16ClN3O/c1-3-12(10-7-5-4-6-8-10)17-14(19)13-11(15)9-16-18(13)2/h4-9,12H,3H2,1-2H3,(H,17,19). The zero-order valence-corrected chi connectivity index (χ0v) is 11.7. The third-order valence-electron chi connectivity index (χ3n) is 3.02. The van der Waals surface area contributed by atoms with Crippen LogP contribution in [0.2, 0.25) is 5.02 Å². The molecule has 19 heavy (non-hydrogen) atoms. The van der Waals surface area contributed by atoms with Gasteiger partial charge in [0, 0.05) is 7.05 Å². The SMILES string of the molecule is CCC(NC(=O)c1c(Cl)cnn1C)c1ccccc1. The second-order valence-corrected chi connectivity index (χ2v) is 4.72. The maximum absolute atomic E-state index is 12.2. The van der Waals surface area contributed by atoms with E-state index in [4.69, 9.17) is 11.6 Å². The van der Waals surface area contributed by atoms with Crippen molar-refractivity contribution in [1.29, 1.82) is 0 Å². The zero-order valence-electron chi connectivity index (χ0n) is 10.9. The Morgan fingerprint density at radius 1 is 1.42 bits per heavy atom. The summed E-state index contributed by atoms with van der Waals surface area (Å²) in [4.78, 5) is 12.2. The monoisotopic (exact) mass is 277 g/mol. The van der Waals surface area contributed by atoms with Crippen LogP contribution in [-0.2, 0) is 7.05 Å². The lowest BCUT2D eigenvalue weighted by Crippen LogP contribution is -2.30. The molecule has 0 fully saturated rings. The molecule has 4 nitrogen and oxygen atoms in total. The van der Waals surface area contributed by atoms with Crippen molar-refractivity contribution in [1.82, 2.24) is 15.1 Å². The molecule has 1 heterocycles. The fourth-order valence-corrected chi connectivity index (χ4v) is 2.25. The van der Waals surface area contributed by atoms with Crippen LogP contribution in [0.4, 0.5) is 0 Å². The fraction of sp³-hybridized carbons (Fsp3) is 0.286. The van der Waals surface area contributed by atoms with E-state index in [1.54, 1.807) is 7.05 Å². The molecule has 0 aliphatic rings. The Morgan fingerprint density at radius 3 is 2.63 bits per heavy atom. The number of nitrogens with zero attached hydrogens (tertiary/aromatic N) is 2. The van der Waals surface area contributed by atoms with Crippen LogP contribution in [0.15, 0.2) is 36.5 Å². The molecule has 2 aromatic rings. The molecule has 0 bridgehead atoms. The van der Waals surface area contributed by atoms with Gasteiger partial charge in [0.1, 0.15) is 5.69 Å². The quantitative estimate of drug-likeness (QED) is 0.934. The highest BCUT2D eigenvalue weighted by Crippen LogP contribution is 2.19. The minimum atomic E-state index is -0.208.